The third kappa shape index (κ3) is 3.06. The van der Waals surface area contributed by atoms with Crippen LogP contribution in [-0.4, -0.2) is 32.4 Å². The summed E-state index contributed by atoms with van der Waals surface area (Å²) in [6.45, 7) is 2.17. The average molecular weight is 383 g/mol. The van der Waals surface area contributed by atoms with E-state index in [4.69, 9.17) is 0 Å². The first kappa shape index (κ1) is 17.6. The first-order valence-corrected chi connectivity index (χ1v) is 9.70. The molecular formula is C23H21N5O. The lowest BCUT2D eigenvalue weighted by Gasteiger charge is -2.30. The van der Waals surface area contributed by atoms with E-state index in [1.165, 1.54) is 16.7 Å². The lowest BCUT2D eigenvalue weighted by Crippen LogP contribution is -2.40. The number of rotatable bonds is 4. The Labute approximate surface area is 168 Å². The van der Waals surface area contributed by atoms with Gasteiger partial charge in [0.2, 0.25) is 5.91 Å². The highest BCUT2D eigenvalue weighted by atomic mass is 16.1. The molecule has 1 amide bonds. The van der Waals surface area contributed by atoms with Gasteiger partial charge in [0.05, 0.1) is 5.69 Å². The second-order valence-electron chi connectivity index (χ2n) is 7.73. The summed E-state index contributed by atoms with van der Waals surface area (Å²) in [5, 5.41) is 4.05. The molecule has 6 heteroatoms. The zero-order valence-electron chi connectivity index (χ0n) is 16.1. The van der Waals surface area contributed by atoms with E-state index in [9.17, 15) is 4.79 Å². The normalized spacial score (nSPS) is 18.0. The Morgan fingerprint density at radius 1 is 1.10 bits per heavy atom. The summed E-state index contributed by atoms with van der Waals surface area (Å²) < 4.78 is 0. The molecule has 6 nitrogen and oxygen atoms in total. The van der Waals surface area contributed by atoms with Gasteiger partial charge >= 0.3 is 0 Å². The van der Waals surface area contributed by atoms with Crippen LogP contribution in [0.4, 0.5) is 0 Å². The van der Waals surface area contributed by atoms with Gasteiger partial charge in [0.1, 0.15) is 12.0 Å². The Balaban J connectivity index is 1.52. The van der Waals surface area contributed by atoms with Gasteiger partial charge in [0.15, 0.2) is 0 Å². The first-order chi connectivity index (χ1) is 14.1. The number of carbonyl (C=O) groups excluding carboxylic acids is 1. The van der Waals surface area contributed by atoms with Crippen LogP contribution >= 0.6 is 0 Å². The molecular weight excluding hydrogens is 362 g/mol. The molecule has 0 aliphatic heterocycles. The maximum Gasteiger partial charge on any atom is 0.216 e. The Bertz CT molecular complexity index is 1170. The number of aromatic amines is 1. The third-order valence-corrected chi connectivity index (χ3v) is 5.86. The molecule has 29 heavy (non-hydrogen) atoms. The van der Waals surface area contributed by atoms with E-state index >= 15 is 0 Å². The first-order valence-electron chi connectivity index (χ1n) is 9.70. The topological polar surface area (TPSA) is 83.6 Å². The van der Waals surface area contributed by atoms with E-state index in [1.54, 1.807) is 13.3 Å². The molecule has 0 fully saturated rings. The number of aromatic nitrogens is 4. The molecule has 3 heterocycles. The van der Waals surface area contributed by atoms with Gasteiger partial charge in [-0.25, -0.2) is 9.97 Å². The molecule has 0 saturated heterocycles. The molecule has 2 N–H and O–H groups in total. The molecule has 4 aromatic rings. The fourth-order valence-corrected chi connectivity index (χ4v) is 4.39. The summed E-state index contributed by atoms with van der Waals surface area (Å²) in [4.78, 5) is 27.8. The number of fused-ring (bicyclic) bond motifs is 2. The maximum absolute atomic E-state index is 11.6. The zero-order chi connectivity index (χ0) is 19.8. The number of H-pyrrole nitrogens is 1. The van der Waals surface area contributed by atoms with E-state index in [-0.39, 0.29) is 11.3 Å². The van der Waals surface area contributed by atoms with Crippen LogP contribution in [0.15, 0.2) is 61.3 Å². The standard InChI is InChI=1S/C23H21N5O/c1-15(29)26-13-23(10-17-6-8-24-12-18(17)11-23)19-4-2-16(3-5-19)21-20-7-9-25-22(20)28-14-27-21/h2-9,12,14H,10-11,13H2,1H3,(H,26,29)(H,25,27,28). The average Bonchev–Trinajstić information content (AvgIpc) is 3.37. The van der Waals surface area contributed by atoms with Gasteiger partial charge in [-0.05, 0) is 41.7 Å². The summed E-state index contributed by atoms with van der Waals surface area (Å²) in [6.07, 6.45) is 9.01. The van der Waals surface area contributed by atoms with Gasteiger partial charge in [-0.2, -0.15) is 0 Å². The monoisotopic (exact) mass is 383 g/mol. The Kier molecular flexibility index (Phi) is 4.12. The highest BCUT2D eigenvalue weighted by molar-refractivity contribution is 5.90. The van der Waals surface area contributed by atoms with Crippen LogP contribution in [0, 0.1) is 0 Å². The molecule has 3 aromatic heterocycles. The van der Waals surface area contributed by atoms with Crippen LogP contribution in [-0.2, 0) is 23.1 Å². The van der Waals surface area contributed by atoms with Gasteiger partial charge in [0, 0.05) is 48.4 Å². The van der Waals surface area contributed by atoms with Gasteiger partial charge in [0.25, 0.3) is 0 Å². The molecule has 144 valence electrons. The number of nitrogens with one attached hydrogen (secondary N) is 2. The highest BCUT2D eigenvalue weighted by Crippen LogP contribution is 2.40. The van der Waals surface area contributed by atoms with Crippen molar-refractivity contribution in [1.29, 1.82) is 0 Å². The van der Waals surface area contributed by atoms with Gasteiger partial charge in [-0.1, -0.05) is 24.3 Å². The van der Waals surface area contributed by atoms with Gasteiger partial charge < -0.3 is 10.3 Å². The molecule has 1 aliphatic carbocycles. The van der Waals surface area contributed by atoms with Crippen molar-refractivity contribution < 1.29 is 4.79 Å². The predicted octanol–water partition coefficient (Wildman–Crippen LogP) is 3.19. The number of amides is 1. The molecule has 1 aromatic carbocycles. The van der Waals surface area contributed by atoms with Crippen molar-refractivity contribution in [2.45, 2.75) is 25.2 Å². The van der Waals surface area contributed by atoms with E-state index in [0.717, 1.165) is 35.1 Å². The number of hydrogen-bond donors (Lipinski definition) is 2. The molecule has 0 radical (unpaired) electrons. The zero-order valence-corrected chi connectivity index (χ0v) is 16.1. The van der Waals surface area contributed by atoms with E-state index in [0.29, 0.717) is 6.54 Å². The van der Waals surface area contributed by atoms with Crippen molar-refractivity contribution in [1.82, 2.24) is 25.3 Å². The predicted molar refractivity (Wildman–Crippen MR) is 111 cm³/mol. The molecule has 0 saturated carbocycles. The second-order valence-corrected chi connectivity index (χ2v) is 7.73. The van der Waals surface area contributed by atoms with Crippen LogP contribution in [0.2, 0.25) is 0 Å². The van der Waals surface area contributed by atoms with Crippen molar-refractivity contribution in [2.75, 3.05) is 6.54 Å². The van der Waals surface area contributed by atoms with Crippen molar-refractivity contribution in [2.24, 2.45) is 0 Å². The van der Waals surface area contributed by atoms with Crippen molar-refractivity contribution in [3.63, 3.8) is 0 Å². The Morgan fingerprint density at radius 2 is 1.93 bits per heavy atom. The lowest BCUT2D eigenvalue weighted by atomic mass is 9.77. The Hall–Kier alpha value is -3.54. The van der Waals surface area contributed by atoms with E-state index < -0.39 is 0 Å². The smallest absolute Gasteiger partial charge is 0.216 e. The summed E-state index contributed by atoms with van der Waals surface area (Å²) in [5.41, 5.74) is 6.41. The summed E-state index contributed by atoms with van der Waals surface area (Å²) >= 11 is 0. The molecule has 1 aliphatic rings. The van der Waals surface area contributed by atoms with Gasteiger partial charge in [-0.3, -0.25) is 9.78 Å². The number of pyridine rings is 1. The SMILES string of the molecule is CC(=O)NCC1(c2ccc(-c3ncnc4[nH]ccc34)cc2)Cc2ccncc2C1. The quantitative estimate of drug-likeness (QED) is 0.567. The van der Waals surface area contributed by atoms with Crippen LogP contribution < -0.4 is 5.32 Å². The summed E-state index contributed by atoms with van der Waals surface area (Å²) in [7, 11) is 0. The van der Waals surface area contributed by atoms with E-state index in [1.807, 2.05) is 24.7 Å². The van der Waals surface area contributed by atoms with Crippen molar-refractivity contribution in [3.8, 4) is 11.3 Å². The van der Waals surface area contributed by atoms with Crippen molar-refractivity contribution in [3.05, 3.63) is 78.0 Å². The second kappa shape index (κ2) is 6.81. The molecule has 0 bridgehead atoms. The highest BCUT2D eigenvalue weighted by Gasteiger charge is 2.39. The maximum atomic E-state index is 11.6. The largest absolute Gasteiger partial charge is 0.355 e. The van der Waals surface area contributed by atoms with Crippen LogP contribution in [0.5, 0.6) is 0 Å². The van der Waals surface area contributed by atoms with E-state index in [2.05, 4.69) is 55.6 Å². The van der Waals surface area contributed by atoms with Crippen LogP contribution in [0.1, 0.15) is 23.6 Å². The summed E-state index contributed by atoms with van der Waals surface area (Å²) in [5.74, 6) is -0.00841. The number of hydrogen-bond acceptors (Lipinski definition) is 4. The number of benzene rings is 1. The Morgan fingerprint density at radius 3 is 2.72 bits per heavy atom. The van der Waals surface area contributed by atoms with Gasteiger partial charge in [-0.15, -0.1) is 0 Å². The lowest BCUT2D eigenvalue weighted by molar-refractivity contribution is -0.119. The van der Waals surface area contributed by atoms with Crippen molar-refractivity contribution >= 4 is 16.9 Å². The minimum atomic E-state index is -0.162. The fraction of sp³-hybridized carbons (Fsp3) is 0.217. The number of carbonyl (C=O) groups is 1. The fourth-order valence-electron chi connectivity index (χ4n) is 4.39. The molecule has 5 rings (SSSR count). The minimum Gasteiger partial charge on any atom is -0.355 e. The molecule has 1 atom stereocenters. The molecule has 0 spiro atoms. The number of nitrogens with zero attached hydrogens (tertiary/aromatic N) is 3. The summed E-state index contributed by atoms with van der Waals surface area (Å²) in [6, 6.07) is 12.6. The van der Waals surface area contributed by atoms with Crippen LogP contribution in [0.25, 0.3) is 22.3 Å². The third-order valence-electron chi connectivity index (χ3n) is 5.86. The minimum absolute atomic E-state index is 0.00841. The molecule has 1 unspecified atom stereocenters. The van der Waals surface area contributed by atoms with Crippen LogP contribution in [0.3, 0.4) is 0 Å².